The maximum atomic E-state index is 11.2. The van der Waals surface area contributed by atoms with Crippen molar-refractivity contribution in [3.05, 3.63) is 69.3 Å². The molecule has 1 aromatic heterocycles. The Bertz CT molecular complexity index is 880. The minimum atomic E-state index is -0.891. The molecule has 0 aliphatic heterocycles. The second-order valence-corrected chi connectivity index (χ2v) is 6.28. The van der Waals surface area contributed by atoms with E-state index in [0.717, 1.165) is 33.2 Å². The average molecular weight is 358 g/mol. The molecule has 0 atom stereocenters. The summed E-state index contributed by atoms with van der Waals surface area (Å²) in [5.41, 5.74) is 4.88. The molecule has 112 valence electrons. The van der Waals surface area contributed by atoms with Gasteiger partial charge in [-0.15, -0.1) is 0 Å². The summed E-state index contributed by atoms with van der Waals surface area (Å²) in [6.07, 6.45) is 0. The molecule has 1 heterocycles. The summed E-state index contributed by atoms with van der Waals surface area (Å²) in [5, 5.41) is 10.2. The van der Waals surface area contributed by atoms with Gasteiger partial charge < -0.3 is 9.67 Å². The van der Waals surface area contributed by atoms with Gasteiger partial charge >= 0.3 is 5.97 Å². The van der Waals surface area contributed by atoms with Gasteiger partial charge in [0, 0.05) is 27.6 Å². The van der Waals surface area contributed by atoms with Crippen LogP contribution in [0.15, 0.2) is 46.9 Å². The highest BCUT2D eigenvalue weighted by molar-refractivity contribution is 9.10. The number of rotatable bonds is 3. The van der Waals surface area contributed by atoms with Crippen molar-refractivity contribution in [2.24, 2.45) is 0 Å². The Labute approximate surface area is 137 Å². The first-order valence-electron chi connectivity index (χ1n) is 7.05. The Morgan fingerprint density at radius 1 is 1.18 bits per heavy atom. The van der Waals surface area contributed by atoms with E-state index >= 15 is 0 Å². The first kappa shape index (κ1) is 14.9. The maximum Gasteiger partial charge on any atom is 0.335 e. The number of carboxylic acids is 1. The summed E-state index contributed by atoms with van der Waals surface area (Å²) >= 11 is 3.59. The van der Waals surface area contributed by atoms with E-state index < -0.39 is 5.97 Å². The number of carboxylic acid groups (broad SMARTS) is 1. The minimum Gasteiger partial charge on any atom is -0.478 e. The highest BCUT2D eigenvalue weighted by Crippen LogP contribution is 2.28. The molecule has 0 spiro atoms. The van der Waals surface area contributed by atoms with E-state index in [1.54, 1.807) is 12.1 Å². The molecule has 0 aliphatic carbocycles. The van der Waals surface area contributed by atoms with Crippen molar-refractivity contribution < 1.29 is 9.90 Å². The van der Waals surface area contributed by atoms with Gasteiger partial charge in [0.15, 0.2) is 0 Å². The van der Waals surface area contributed by atoms with Crippen LogP contribution in [0.2, 0.25) is 0 Å². The Morgan fingerprint density at radius 3 is 2.59 bits per heavy atom. The van der Waals surface area contributed by atoms with Crippen LogP contribution in [-0.2, 0) is 6.54 Å². The molecule has 22 heavy (non-hydrogen) atoms. The third kappa shape index (κ3) is 2.44. The third-order valence-electron chi connectivity index (χ3n) is 4.17. The van der Waals surface area contributed by atoms with Gasteiger partial charge in [-0.3, -0.25) is 0 Å². The number of halogens is 1. The lowest BCUT2D eigenvalue weighted by Crippen LogP contribution is -2.03. The highest BCUT2D eigenvalue weighted by Gasteiger charge is 2.14. The Morgan fingerprint density at radius 2 is 1.91 bits per heavy atom. The number of fused-ring (bicyclic) bond motifs is 1. The molecule has 2 aromatic carbocycles. The number of nitrogens with zero attached hydrogens (tertiary/aromatic N) is 1. The first-order chi connectivity index (χ1) is 10.5. The van der Waals surface area contributed by atoms with Crippen molar-refractivity contribution in [1.29, 1.82) is 0 Å². The smallest absolute Gasteiger partial charge is 0.335 e. The van der Waals surface area contributed by atoms with Crippen LogP contribution in [0, 0.1) is 13.8 Å². The van der Waals surface area contributed by atoms with E-state index in [9.17, 15) is 4.79 Å². The summed E-state index contributed by atoms with van der Waals surface area (Å²) in [5.74, 6) is -0.891. The fourth-order valence-corrected chi connectivity index (χ4v) is 3.19. The second-order valence-electron chi connectivity index (χ2n) is 5.43. The Hall–Kier alpha value is -2.07. The number of hydrogen-bond acceptors (Lipinski definition) is 1. The SMILES string of the molecule is Cc1c(C)n(Cc2ccccc2Br)c2ccc(C(=O)O)cc12. The molecule has 3 nitrogen and oxygen atoms in total. The van der Waals surface area contributed by atoms with Crippen LogP contribution in [0.25, 0.3) is 10.9 Å². The molecule has 0 bridgehead atoms. The second kappa shape index (κ2) is 5.61. The lowest BCUT2D eigenvalue weighted by Gasteiger charge is -2.10. The van der Waals surface area contributed by atoms with Crippen molar-refractivity contribution in [2.75, 3.05) is 0 Å². The zero-order valence-corrected chi connectivity index (χ0v) is 14.0. The van der Waals surface area contributed by atoms with E-state index in [-0.39, 0.29) is 0 Å². The quantitative estimate of drug-likeness (QED) is 0.733. The van der Waals surface area contributed by atoms with Crippen molar-refractivity contribution >= 4 is 32.8 Å². The van der Waals surface area contributed by atoms with Crippen LogP contribution in [-0.4, -0.2) is 15.6 Å². The molecule has 3 rings (SSSR count). The van der Waals surface area contributed by atoms with Gasteiger partial charge in [0.25, 0.3) is 0 Å². The molecular formula is C18H16BrNO2. The number of benzene rings is 2. The fraction of sp³-hybridized carbons (Fsp3) is 0.167. The monoisotopic (exact) mass is 357 g/mol. The predicted molar refractivity (Wildman–Crippen MR) is 91.6 cm³/mol. The van der Waals surface area contributed by atoms with Gasteiger partial charge in [0.1, 0.15) is 0 Å². The molecule has 0 amide bonds. The third-order valence-corrected chi connectivity index (χ3v) is 4.95. The zero-order valence-electron chi connectivity index (χ0n) is 12.4. The van der Waals surface area contributed by atoms with Gasteiger partial charge in [-0.25, -0.2) is 4.79 Å². The predicted octanol–water partition coefficient (Wildman–Crippen LogP) is 4.77. The first-order valence-corrected chi connectivity index (χ1v) is 7.84. The molecule has 0 saturated carbocycles. The lowest BCUT2D eigenvalue weighted by atomic mass is 10.1. The van der Waals surface area contributed by atoms with E-state index in [1.807, 2.05) is 31.2 Å². The van der Waals surface area contributed by atoms with E-state index in [1.165, 1.54) is 5.56 Å². The normalized spacial score (nSPS) is 11.0. The number of hydrogen-bond donors (Lipinski definition) is 1. The summed E-state index contributed by atoms with van der Waals surface area (Å²) in [7, 11) is 0. The van der Waals surface area contributed by atoms with Crippen LogP contribution in [0.4, 0.5) is 0 Å². The van der Waals surface area contributed by atoms with Crippen LogP contribution in [0.5, 0.6) is 0 Å². The number of aromatic nitrogens is 1. The number of carbonyl (C=O) groups is 1. The molecule has 0 saturated heterocycles. The standard InChI is InChI=1S/C18H16BrNO2/c1-11-12(2)20(10-14-5-3-4-6-16(14)19)17-8-7-13(18(21)22)9-15(11)17/h3-9H,10H2,1-2H3,(H,21,22). The van der Waals surface area contributed by atoms with Crippen LogP contribution in [0.3, 0.4) is 0 Å². The molecule has 4 heteroatoms. The zero-order chi connectivity index (χ0) is 15.9. The van der Waals surface area contributed by atoms with E-state index in [0.29, 0.717) is 5.56 Å². The molecule has 0 unspecified atom stereocenters. The summed E-state index contributed by atoms with van der Waals surface area (Å²) in [6.45, 7) is 4.87. The van der Waals surface area contributed by atoms with Gasteiger partial charge in [-0.05, 0) is 49.2 Å². The number of aromatic carboxylic acids is 1. The van der Waals surface area contributed by atoms with E-state index in [4.69, 9.17) is 5.11 Å². The molecule has 3 aromatic rings. The lowest BCUT2D eigenvalue weighted by molar-refractivity contribution is 0.0697. The van der Waals surface area contributed by atoms with Gasteiger partial charge in [0.2, 0.25) is 0 Å². The van der Waals surface area contributed by atoms with Crippen molar-refractivity contribution in [3.8, 4) is 0 Å². The number of aryl methyl sites for hydroxylation is 1. The van der Waals surface area contributed by atoms with Crippen molar-refractivity contribution in [3.63, 3.8) is 0 Å². The van der Waals surface area contributed by atoms with Crippen LogP contribution in [0.1, 0.15) is 27.2 Å². The average Bonchev–Trinajstić information content (AvgIpc) is 2.74. The topological polar surface area (TPSA) is 42.2 Å². The van der Waals surface area contributed by atoms with E-state index in [2.05, 4.69) is 33.5 Å². The molecule has 0 radical (unpaired) electrons. The van der Waals surface area contributed by atoms with Crippen molar-refractivity contribution in [2.45, 2.75) is 20.4 Å². The Kier molecular flexibility index (Phi) is 3.79. The van der Waals surface area contributed by atoms with Gasteiger partial charge in [0.05, 0.1) is 5.56 Å². The maximum absolute atomic E-state index is 11.2. The molecular weight excluding hydrogens is 342 g/mol. The minimum absolute atomic E-state index is 0.327. The summed E-state index contributed by atoms with van der Waals surface area (Å²) in [6, 6.07) is 13.5. The van der Waals surface area contributed by atoms with Crippen molar-refractivity contribution in [1.82, 2.24) is 4.57 Å². The fourth-order valence-electron chi connectivity index (χ4n) is 2.78. The van der Waals surface area contributed by atoms with Gasteiger partial charge in [-0.1, -0.05) is 34.1 Å². The largest absolute Gasteiger partial charge is 0.478 e. The summed E-state index contributed by atoms with van der Waals surface area (Å²) in [4.78, 5) is 11.2. The van der Waals surface area contributed by atoms with Crippen LogP contribution < -0.4 is 0 Å². The van der Waals surface area contributed by atoms with Gasteiger partial charge in [-0.2, -0.15) is 0 Å². The molecule has 0 fully saturated rings. The Balaban J connectivity index is 2.16. The van der Waals surface area contributed by atoms with Crippen LogP contribution >= 0.6 is 15.9 Å². The molecule has 1 N–H and O–H groups in total. The highest BCUT2D eigenvalue weighted by atomic mass is 79.9. The summed E-state index contributed by atoms with van der Waals surface area (Å²) < 4.78 is 3.31. The molecule has 0 aliphatic rings.